The zero-order chi connectivity index (χ0) is 76.9. The molecule has 0 aromatic rings. The van der Waals surface area contributed by atoms with Crippen LogP contribution in [0.25, 0.3) is 0 Å². The van der Waals surface area contributed by atoms with E-state index >= 15 is 9.59 Å². The lowest BCUT2D eigenvalue weighted by Crippen LogP contribution is -2.62. The number of hydrogen-bond donors (Lipinski definition) is 18. The molecule has 4 aliphatic rings. The van der Waals surface area contributed by atoms with Crippen LogP contribution in [0.3, 0.4) is 0 Å². The van der Waals surface area contributed by atoms with E-state index in [0.29, 0.717) is 25.7 Å². The summed E-state index contributed by atoms with van der Waals surface area (Å²) < 4.78 is 0. The molecule has 37 nitrogen and oxygen atoms in total. The van der Waals surface area contributed by atoms with E-state index in [-0.39, 0.29) is 103 Å². The number of carbonyl (C=O) groups excluding carboxylic acids is 13. The van der Waals surface area contributed by atoms with Gasteiger partial charge in [0, 0.05) is 37.7 Å². The van der Waals surface area contributed by atoms with Crippen molar-refractivity contribution in [3.05, 3.63) is 0 Å². The van der Waals surface area contributed by atoms with Crippen molar-refractivity contribution in [2.75, 3.05) is 57.4 Å². The number of aliphatic carboxylic acids is 2. The van der Waals surface area contributed by atoms with Crippen molar-refractivity contribution in [3.63, 3.8) is 0 Å². The first kappa shape index (κ1) is 87.3. The minimum Gasteiger partial charge on any atom is -0.481 e. The van der Waals surface area contributed by atoms with Crippen molar-refractivity contribution in [1.29, 1.82) is 0 Å². The maximum absolute atomic E-state index is 15.1. The number of rotatable bonds is 28. The third kappa shape index (κ3) is 25.9. The molecule has 0 aromatic heterocycles. The van der Waals surface area contributed by atoms with E-state index in [0.717, 1.165) is 33.4 Å². The molecule has 0 aliphatic carbocycles. The van der Waals surface area contributed by atoms with Crippen molar-refractivity contribution in [3.8, 4) is 0 Å². The summed E-state index contributed by atoms with van der Waals surface area (Å²) in [6.45, 7) is 9.97. The molecule has 4 fully saturated rings. The molecule has 0 bridgehead atoms. The Balaban J connectivity index is 1.91. The number of hydrogen-bond acceptors (Lipinski definition) is 22. The molecule has 580 valence electrons. The van der Waals surface area contributed by atoms with Gasteiger partial charge in [-0.1, -0.05) is 82.4 Å². The first-order valence-corrected chi connectivity index (χ1v) is 37.7. The van der Waals surface area contributed by atoms with Crippen molar-refractivity contribution < 1.29 is 92.3 Å². The Morgan fingerprint density at radius 3 is 1.80 bits per heavy atom. The minimum absolute atomic E-state index is 0.00647. The monoisotopic (exact) mass is 1500 g/mol. The largest absolute Gasteiger partial charge is 0.481 e. The standard InChI is InChI=1S/C64H108N18O19S2/c1-8-32(4)47-58(95)75-41(54(91)78-48(33(5)9-2)61(98)81-25-15-19-42(81)56(93)72-38(63(100)101)27-46(86)87)31-103-102-30-40(74-51(88)36(70-45(85)28-66)18-13-23-69-64(67)68)55(92)79-50(35(7)84)59(96)71-37(17-11-12-22-65)52(89)73-39(29-83)53(90)77-49(34(6)10-3)62(99)82-26-16-21-44(82)60(97)80-24-14-20-43(80)57(94)76-47/h32-44,47-50,83-84H,8-31,65-66H2,1-7H3,(H,70,85)(H,71,96)(H,72,93)(H,73,89)(H,74,88)(H,75,95)(H,76,94)(H,77,90)(H,78,91)(H,79,92)(H,86,87)(H,100,101)(H4,67,68,69)/t32-,33-,34-,35+,36-,37-,38-,39-,40-,41-,42-,43-,44-,47-,48-,49-,50-/m0/s1. The van der Waals surface area contributed by atoms with Crippen molar-refractivity contribution in [1.82, 2.24) is 67.9 Å². The quantitative estimate of drug-likeness (QED) is 0.0150. The summed E-state index contributed by atoms with van der Waals surface area (Å²) in [6, 6.07) is -19.6. The molecule has 17 atom stereocenters. The summed E-state index contributed by atoms with van der Waals surface area (Å²) in [5, 5.41) is 66.5. The normalized spacial score (nSPS) is 26.0. The van der Waals surface area contributed by atoms with Crippen LogP contribution in [0.15, 0.2) is 4.99 Å². The van der Waals surface area contributed by atoms with E-state index in [2.05, 4.69) is 58.2 Å². The summed E-state index contributed by atoms with van der Waals surface area (Å²) in [7, 11) is 1.67. The van der Waals surface area contributed by atoms with E-state index in [1.807, 2.05) is 0 Å². The predicted molar refractivity (Wildman–Crippen MR) is 377 cm³/mol. The number of amides is 13. The SMILES string of the molecule is CC[C@H](C)[C@@H]1NC(=O)[C@@H]2CCCN2C(=O)[C@@H]2CCCN2C(=O)[C@H]([C@@H](C)CC)NC(=O)[C@H](CO)NC(=O)[C@H](CCCCN)NC(=O)[C@H]([C@@H](C)O)NC(=O)[C@@H](NC(=O)[C@H](CCCN=C(N)N)NC(=O)CN)CSSC[C@@H](C(=O)N[C@H](C(=O)N2CCC[C@H]2C(=O)N[C@@H](CC(=O)O)C(=O)O)[C@@H](C)CC)NC1=O. The first-order chi connectivity index (χ1) is 48.8. The number of guanidine groups is 1. The fourth-order valence-corrected chi connectivity index (χ4v) is 14.5. The molecular weight excluding hydrogens is 1390 g/mol. The molecule has 0 aromatic carbocycles. The van der Waals surface area contributed by atoms with Gasteiger partial charge < -0.3 is 111 Å². The van der Waals surface area contributed by atoms with Crippen LogP contribution in [0, 0.1) is 17.8 Å². The molecule has 4 rings (SSSR count). The summed E-state index contributed by atoms with van der Waals surface area (Å²) in [5.74, 6) is -18.0. The molecule has 0 spiro atoms. The molecule has 4 saturated heterocycles. The van der Waals surface area contributed by atoms with Gasteiger partial charge in [0.15, 0.2) is 5.96 Å². The van der Waals surface area contributed by atoms with Gasteiger partial charge in [-0.2, -0.15) is 0 Å². The third-order valence-electron chi connectivity index (χ3n) is 18.9. The number of carbonyl (C=O) groups is 15. The fraction of sp³-hybridized carbons (Fsp3) is 0.750. The van der Waals surface area contributed by atoms with Gasteiger partial charge in [-0.25, -0.2) is 4.79 Å². The van der Waals surface area contributed by atoms with E-state index < -0.39 is 222 Å². The number of carboxylic acid groups (broad SMARTS) is 2. The molecule has 39 heteroatoms. The van der Waals surface area contributed by atoms with Crippen molar-refractivity contribution >= 4 is 116 Å². The van der Waals surface area contributed by atoms with Gasteiger partial charge in [0.05, 0.1) is 25.7 Å². The number of carboxylic acids is 2. The Hall–Kier alpha value is -8.14. The highest BCUT2D eigenvalue weighted by Crippen LogP contribution is 2.29. The maximum Gasteiger partial charge on any atom is 0.326 e. The number of nitrogens with two attached hydrogens (primary N) is 4. The van der Waals surface area contributed by atoms with Crippen LogP contribution in [0.2, 0.25) is 0 Å². The van der Waals surface area contributed by atoms with Crippen LogP contribution in [0.1, 0.15) is 145 Å². The predicted octanol–water partition coefficient (Wildman–Crippen LogP) is -5.59. The number of nitrogens with zero attached hydrogens (tertiary/aromatic N) is 4. The number of nitrogens with one attached hydrogen (secondary N) is 10. The average molecular weight is 1500 g/mol. The number of aliphatic hydroxyl groups is 2. The lowest BCUT2D eigenvalue weighted by atomic mass is 9.96. The van der Waals surface area contributed by atoms with Crippen molar-refractivity contribution in [2.45, 2.75) is 229 Å². The fourth-order valence-electron chi connectivity index (χ4n) is 12.2. The molecule has 22 N–H and O–H groups in total. The Morgan fingerprint density at radius 1 is 0.621 bits per heavy atom. The molecular formula is C64H108N18O19S2. The molecule has 103 heavy (non-hydrogen) atoms. The van der Waals surface area contributed by atoms with Crippen LogP contribution in [-0.4, -0.2) is 272 Å². The van der Waals surface area contributed by atoms with Crippen LogP contribution >= 0.6 is 21.6 Å². The molecule has 4 heterocycles. The van der Waals surface area contributed by atoms with Crippen LogP contribution in [0.5, 0.6) is 0 Å². The van der Waals surface area contributed by atoms with Gasteiger partial charge in [0.25, 0.3) is 0 Å². The van der Waals surface area contributed by atoms with Gasteiger partial charge in [0.2, 0.25) is 76.8 Å². The first-order valence-electron chi connectivity index (χ1n) is 35.2. The Kier molecular flexibility index (Phi) is 36.6. The molecule has 0 saturated carbocycles. The minimum atomic E-state index is -1.91. The third-order valence-corrected chi connectivity index (χ3v) is 21.3. The lowest BCUT2D eigenvalue weighted by Gasteiger charge is -2.35. The number of fused-ring (bicyclic) bond motifs is 2. The van der Waals surface area contributed by atoms with E-state index in [4.69, 9.17) is 22.9 Å². The summed E-state index contributed by atoms with van der Waals surface area (Å²) >= 11 is 0. The zero-order valence-corrected chi connectivity index (χ0v) is 61.2. The van der Waals surface area contributed by atoms with E-state index in [9.17, 15) is 82.8 Å². The van der Waals surface area contributed by atoms with Gasteiger partial charge in [0.1, 0.15) is 78.5 Å². The number of unbranched alkanes of at least 4 members (excludes halogenated alkanes) is 1. The highest BCUT2D eigenvalue weighted by Gasteiger charge is 2.47. The second-order valence-corrected chi connectivity index (χ2v) is 29.0. The second kappa shape index (κ2) is 43.2. The van der Waals surface area contributed by atoms with Crippen LogP contribution in [0.4, 0.5) is 0 Å². The Bertz CT molecular complexity index is 3020. The number of aliphatic hydroxyl groups excluding tert-OH is 2. The molecule has 13 amide bonds. The lowest BCUT2D eigenvalue weighted by molar-refractivity contribution is -0.149. The summed E-state index contributed by atoms with van der Waals surface area (Å²) in [4.78, 5) is 219. The number of aliphatic imine (C=N–C) groups is 1. The van der Waals surface area contributed by atoms with Crippen LogP contribution < -0.4 is 76.1 Å². The second-order valence-electron chi connectivity index (χ2n) is 26.5. The Morgan fingerprint density at radius 2 is 1.20 bits per heavy atom. The highest BCUT2D eigenvalue weighted by molar-refractivity contribution is 8.76. The molecule has 4 aliphatic heterocycles. The smallest absolute Gasteiger partial charge is 0.326 e. The maximum atomic E-state index is 15.1. The summed E-state index contributed by atoms with van der Waals surface area (Å²) in [6.07, 6.45) is -0.247. The molecule has 0 unspecified atom stereocenters. The van der Waals surface area contributed by atoms with Gasteiger partial charge in [-0.3, -0.25) is 72.1 Å². The topological polar surface area (TPSA) is 583 Å². The van der Waals surface area contributed by atoms with Crippen molar-refractivity contribution in [2.24, 2.45) is 45.7 Å². The van der Waals surface area contributed by atoms with Gasteiger partial charge in [-0.15, -0.1) is 0 Å². The van der Waals surface area contributed by atoms with E-state index in [1.54, 1.807) is 41.5 Å². The van der Waals surface area contributed by atoms with Gasteiger partial charge >= 0.3 is 11.9 Å². The zero-order valence-electron chi connectivity index (χ0n) is 59.6. The highest BCUT2D eigenvalue weighted by atomic mass is 33.1. The van der Waals surface area contributed by atoms with E-state index in [1.165, 1.54) is 9.80 Å². The van der Waals surface area contributed by atoms with Crippen LogP contribution in [-0.2, 0) is 71.9 Å². The Labute approximate surface area is 606 Å². The van der Waals surface area contributed by atoms with Gasteiger partial charge in [-0.05, 0) is 102 Å². The summed E-state index contributed by atoms with van der Waals surface area (Å²) in [5.41, 5.74) is 22.4. The molecule has 0 radical (unpaired) electrons. The average Bonchev–Trinajstić information content (AvgIpc) is 1.68. The number of likely N-dealkylation sites (tertiary alicyclic amines) is 1.